The Morgan fingerprint density at radius 3 is 2.67 bits per heavy atom. The number of carboxylic acid groups (broad SMARTS) is 1. The Bertz CT molecular complexity index is 622. The number of hydrogen-bond donors (Lipinski definition) is 1. The first-order chi connectivity index (χ1) is 11.6. The summed E-state index contributed by atoms with van der Waals surface area (Å²) in [5, 5.41) is 9.30. The first-order valence-corrected chi connectivity index (χ1v) is 8.73. The number of methoxy groups -OCH3 is 1. The van der Waals surface area contributed by atoms with Crippen LogP contribution in [0.1, 0.15) is 44.1 Å². The lowest BCUT2D eigenvalue weighted by atomic mass is 9.77. The Balaban J connectivity index is 1.89. The van der Waals surface area contributed by atoms with E-state index in [9.17, 15) is 14.7 Å². The Hall–Kier alpha value is -2.04. The average molecular weight is 331 g/mol. The van der Waals surface area contributed by atoms with Gasteiger partial charge in [-0.2, -0.15) is 0 Å². The summed E-state index contributed by atoms with van der Waals surface area (Å²) in [6.45, 7) is 0.994. The zero-order chi connectivity index (χ0) is 17.2. The molecule has 1 unspecified atom stereocenters. The van der Waals surface area contributed by atoms with Gasteiger partial charge in [-0.1, -0.05) is 25.0 Å². The minimum absolute atomic E-state index is 0.0965. The van der Waals surface area contributed by atoms with Crippen LogP contribution < -0.4 is 4.74 Å². The fourth-order valence-electron chi connectivity index (χ4n) is 4.19. The van der Waals surface area contributed by atoms with Gasteiger partial charge in [0.15, 0.2) is 0 Å². The quantitative estimate of drug-likeness (QED) is 0.921. The molecule has 5 heteroatoms. The summed E-state index contributed by atoms with van der Waals surface area (Å²) in [6, 6.07) is 7.78. The number of carbonyl (C=O) groups is 2. The van der Waals surface area contributed by atoms with Crippen molar-refractivity contribution >= 4 is 11.9 Å². The molecule has 130 valence electrons. The average Bonchev–Trinajstić information content (AvgIpc) is 3.12. The molecular weight excluding hydrogens is 306 g/mol. The molecule has 1 aromatic rings. The summed E-state index contributed by atoms with van der Waals surface area (Å²) in [5.74, 6) is -0.381. The predicted octanol–water partition coefficient (Wildman–Crippen LogP) is 2.83. The first-order valence-electron chi connectivity index (χ1n) is 8.73. The molecule has 1 atom stereocenters. The van der Waals surface area contributed by atoms with E-state index in [1.165, 1.54) is 0 Å². The number of benzene rings is 1. The van der Waals surface area contributed by atoms with E-state index in [-0.39, 0.29) is 5.91 Å². The molecule has 1 saturated heterocycles. The zero-order valence-electron chi connectivity index (χ0n) is 14.2. The second-order valence-electron chi connectivity index (χ2n) is 6.95. The molecule has 5 nitrogen and oxygen atoms in total. The van der Waals surface area contributed by atoms with Crippen molar-refractivity contribution in [2.24, 2.45) is 5.92 Å². The Kier molecular flexibility index (Phi) is 4.78. The molecule has 1 amide bonds. The van der Waals surface area contributed by atoms with Gasteiger partial charge in [-0.3, -0.25) is 9.59 Å². The van der Waals surface area contributed by atoms with Crippen molar-refractivity contribution in [2.75, 3.05) is 20.2 Å². The standard InChI is InChI=1S/C19H25NO4/c1-24-16-8-4-7-15(12-16)19(9-2-3-10-19)18(23)20-11-5-6-14(13-20)17(21)22/h4,7-8,12,14H,2-3,5-6,9-11,13H2,1H3,(H,21,22). The van der Waals surface area contributed by atoms with Crippen LogP contribution in [0.2, 0.25) is 0 Å². The van der Waals surface area contributed by atoms with Crippen molar-refractivity contribution < 1.29 is 19.4 Å². The lowest BCUT2D eigenvalue weighted by Crippen LogP contribution is -2.50. The van der Waals surface area contributed by atoms with E-state index >= 15 is 0 Å². The van der Waals surface area contributed by atoms with Gasteiger partial charge in [-0.25, -0.2) is 0 Å². The van der Waals surface area contributed by atoms with Crippen molar-refractivity contribution in [1.82, 2.24) is 4.90 Å². The largest absolute Gasteiger partial charge is 0.497 e. The highest BCUT2D eigenvalue weighted by Gasteiger charge is 2.46. The Morgan fingerprint density at radius 2 is 2.00 bits per heavy atom. The van der Waals surface area contributed by atoms with Crippen LogP contribution in [0.15, 0.2) is 24.3 Å². The Morgan fingerprint density at radius 1 is 1.25 bits per heavy atom. The maximum absolute atomic E-state index is 13.4. The van der Waals surface area contributed by atoms with Crippen molar-refractivity contribution in [3.8, 4) is 5.75 Å². The number of piperidine rings is 1. The van der Waals surface area contributed by atoms with Crippen LogP contribution in [0.5, 0.6) is 5.75 Å². The fraction of sp³-hybridized carbons (Fsp3) is 0.579. The zero-order valence-corrected chi connectivity index (χ0v) is 14.2. The molecule has 0 spiro atoms. The molecule has 0 radical (unpaired) electrons. The summed E-state index contributed by atoms with van der Waals surface area (Å²) in [4.78, 5) is 26.5. The number of hydrogen-bond acceptors (Lipinski definition) is 3. The van der Waals surface area contributed by atoms with Gasteiger partial charge in [-0.15, -0.1) is 0 Å². The molecular formula is C19H25NO4. The molecule has 0 aromatic heterocycles. The summed E-state index contributed by atoms with van der Waals surface area (Å²) < 4.78 is 5.33. The number of amides is 1. The predicted molar refractivity (Wildman–Crippen MR) is 90.1 cm³/mol. The van der Waals surface area contributed by atoms with Crippen LogP contribution in [0, 0.1) is 5.92 Å². The van der Waals surface area contributed by atoms with Crippen molar-refractivity contribution in [3.05, 3.63) is 29.8 Å². The topological polar surface area (TPSA) is 66.8 Å². The van der Waals surface area contributed by atoms with Crippen LogP contribution in [0.25, 0.3) is 0 Å². The van der Waals surface area contributed by atoms with Crippen LogP contribution in [0.4, 0.5) is 0 Å². The van der Waals surface area contributed by atoms with E-state index in [0.717, 1.165) is 43.4 Å². The molecule has 2 fully saturated rings. The van der Waals surface area contributed by atoms with Crippen molar-refractivity contribution in [3.63, 3.8) is 0 Å². The molecule has 24 heavy (non-hydrogen) atoms. The maximum Gasteiger partial charge on any atom is 0.308 e. The second kappa shape index (κ2) is 6.83. The van der Waals surface area contributed by atoms with E-state index in [1.807, 2.05) is 24.3 Å². The van der Waals surface area contributed by atoms with Gasteiger partial charge in [0.25, 0.3) is 0 Å². The van der Waals surface area contributed by atoms with E-state index in [2.05, 4.69) is 0 Å². The number of ether oxygens (including phenoxy) is 1. The summed E-state index contributed by atoms with van der Waals surface area (Å²) in [6.07, 6.45) is 5.13. The van der Waals surface area contributed by atoms with Gasteiger partial charge >= 0.3 is 5.97 Å². The Labute approximate surface area is 142 Å². The molecule has 1 saturated carbocycles. The number of nitrogens with zero attached hydrogens (tertiary/aromatic N) is 1. The maximum atomic E-state index is 13.4. The summed E-state index contributed by atoms with van der Waals surface area (Å²) >= 11 is 0. The number of aliphatic carboxylic acids is 1. The van der Waals surface area contributed by atoms with Gasteiger partial charge in [0.05, 0.1) is 18.4 Å². The minimum Gasteiger partial charge on any atom is -0.497 e. The third kappa shape index (κ3) is 2.99. The van der Waals surface area contributed by atoms with E-state index < -0.39 is 17.3 Å². The highest BCUT2D eigenvalue weighted by molar-refractivity contribution is 5.89. The minimum atomic E-state index is -0.797. The van der Waals surface area contributed by atoms with Gasteiger partial charge in [0, 0.05) is 13.1 Å². The van der Waals surface area contributed by atoms with Crippen molar-refractivity contribution in [1.29, 1.82) is 0 Å². The van der Waals surface area contributed by atoms with Gasteiger partial charge < -0.3 is 14.7 Å². The number of carboxylic acids is 1. The number of likely N-dealkylation sites (tertiary alicyclic amines) is 1. The molecule has 3 rings (SSSR count). The normalized spacial score (nSPS) is 23.0. The monoisotopic (exact) mass is 331 g/mol. The highest BCUT2D eigenvalue weighted by atomic mass is 16.5. The molecule has 1 heterocycles. The smallest absolute Gasteiger partial charge is 0.308 e. The SMILES string of the molecule is COc1cccc(C2(C(=O)N3CCCC(C(=O)O)C3)CCCC2)c1. The van der Waals surface area contributed by atoms with Crippen molar-refractivity contribution in [2.45, 2.75) is 43.9 Å². The van der Waals surface area contributed by atoms with Crippen LogP contribution in [0.3, 0.4) is 0 Å². The molecule has 0 bridgehead atoms. The van der Waals surface area contributed by atoms with E-state index in [4.69, 9.17) is 4.74 Å². The lowest BCUT2D eigenvalue weighted by molar-refractivity contribution is -0.147. The molecule has 1 N–H and O–H groups in total. The van der Waals surface area contributed by atoms with Gasteiger partial charge in [0.2, 0.25) is 5.91 Å². The third-order valence-corrected chi connectivity index (χ3v) is 5.55. The number of rotatable bonds is 4. The third-order valence-electron chi connectivity index (χ3n) is 5.55. The van der Waals surface area contributed by atoms with E-state index in [1.54, 1.807) is 12.0 Å². The number of carbonyl (C=O) groups excluding carboxylic acids is 1. The molecule has 1 aromatic carbocycles. The first kappa shape index (κ1) is 16.8. The summed E-state index contributed by atoms with van der Waals surface area (Å²) in [5.41, 5.74) is 0.483. The summed E-state index contributed by atoms with van der Waals surface area (Å²) in [7, 11) is 1.63. The molecule has 1 aliphatic carbocycles. The van der Waals surface area contributed by atoms with Gasteiger partial charge in [0.1, 0.15) is 5.75 Å². The van der Waals surface area contributed by atoms with Crippen LogP contribution in [-0.4, -0.2) is 42.1 Å². The highest BCUT2D eigenvalue weighted by Crippen LogP contribution is 2.44. The van der Waals surface area contributed by atoms with Crippen LogP contribution >= 0.6 is 0 Å². The van der Waals surface area contributed by atoms with Gasteiger partial charge in [-0.05, 0) is 43.4 Å². The van der Waals surface area contributed by atoms with Crippen LogP contribution in [-0.2, 0) is 15.0 Å². The van der Waals surface area contributed by atoms with E-state index in [0.29, 0.717) is 19.5 Å². The molecule has 1 aliphatic heterocycles. The fourth-order valence-corrected chi connectivity index (χ4v) is 4.19. The molecule has 2 aliphatic rings. The second-order valence-corrected chi connectivity index (χ2v) is 6.95. The lowest BCUT2D eigenvalue weighted by Gasteiger charge is -2.38.